The highest BCUT2D eigenvalue weighted by Crippen LogP contribution is 2.44. The predicted molar refractivity (Wildman–Crippen MR) is 220 cm³/mol. The molecule has 0 atom stereocenters. The van der Waals surface area contributed by atoms with Crippen LogP contribution in [-0.2, 0) is 0 Å². The van der Waals surface area contributed by atoms with E-state index in [-0.39, 0.29) is 0 Å². The number of benzene rings is 9. The fourth-order valence-corrected chi connectivity index (χ4v) is 7.72. The number of fused-ring (bicyclic) bond motifs is 6. The molecule has 0 aliphatic heterocycles. The Balaban J connectivity index is 1.12. The van der Waals surface area contributed by atoms with E-state index in [1.54, 1.807) is 0 Å². The van der Waals surface area contributed by atoms with Gasteiger partial charge < -0.3 is 9.32 Å². The summed E-state index contributed by atoms with van der Waals surface area (Å²) in [6, 6.07) is 71.7. The lowest BCUT2D eigenvalue weighted by molar-refractivity contribution is 0.672. The number of hydrogen-bond acceptors (Lipinski definition) is 2. The molecule has 0 N–H and O–H groups in total. The molecule has 244 valence electrons. The van der Waals surface area contributed by atoms with Crippen LogP contribution in [0.3, 0.4) is 0 Å². The molecule has 52 heavy (non-hydrogen) atoms. The molecule has 9 aromatic carbocycles. The first-order valence-electron chi connectivity index (χ1n) is 17.8. The van der Waals surface area contributed by atoms with Crippen LogP contribution in [0.2, 0.25) is 0 Å². The van der Waals surface area contributed by atoms with E-state index in [1.807, 2.05) is 12.1 Å². The summed E-state index contributed by atoms with van der Waals surface area (Å²) < 4.78 is 6.51. The zero-order valence-corrected chi connectivity index (χ0v) is 28.4. The molecular formula is C50H33NO. The van der Waals surface area contributed by atoms with Crippen LogP contribution in [0.1, 0.15) is 0 Å². The third-order valence-corrected chi connectivity index (χ3v) is 10.3. The summed E-state index contributed by atoms with van der Waals surface area (Å²) in [6.45, 7) is 0. The number of furan rings is 1. The largest absolute Gasteiger partial charge is 0.455 e. The second-order valence-corrected chi connectivity index (χ2v) is 13.3. The Kier molecular flexibility index (Phi) is 7.18. The summed E-state index contributed by atoms with van der Waals surface area (Å²) in [5, 5.41) is 6.97. The molecule has 0 saturated carbocycles. The fourth-order valence-electron chi connectivity index (χ4n) is 7.72. The summed E-state index contributed by atoms with van der Waals surface area (Å²) in [5.41, 5.74) is 12.3. The lowest BCUT2D eigenvalue weighted by atomic mass is 9.97. The van der Waals surface area contributed by atoms with Crippen molar-refractivity contribution in [3.05, 3.63) is 200 Å². The van der Waals surface area contributed by atoms with Crippen molar-refractivity contribution >= 4 is 60.5 Å². The molecule has 0 radical (unpaired) electrons. The number of rotatable bonds is 6. The molecule has 0 aliphatic rings. The molecule has 0 aliphatic carbocycles. The molecule has 0 saturated heterocycles. The van der Waals surface area contributed by atoms with Crippen LogP contribution in [-0.4, -0.2) is 0 Å². The van der Waals surface area contributed by atoms with Crippen LogP contribution in [0.25, 0.3) is 76.9 Å². The maximum atomic E-state index is 6.51. The Bertz CT molecular complexity index is 2880. The van der Waals surface area contributed by atoms with E-state index >= 15 is 0 Å². The third kappa shape index (κ3) is 5.12. The van der Waals surface area contributed by atoms with Gasteiger partial charge in [0.05, 0.1) is 5.69 Å². The van der Waals surface area contributed by atoms with Gasteiger partial charge in [-0.3, -0.25) is 0 Å². The summed E-state index contributed by atoms with van der Waals surface area (Å²) in [7, 11) is 0. The topological polar surface area (TPSA) is 16.4 Å². The first-order chi connectivity index (χ1) is 25.8. The maximum Gasteiger partial charge on any atom is 0.143 e. The Hall–Kier alpha value is -6.90. The molecule has 10 aromatic rings. The molecule has 0 fully saturated rings. The van der Waals surface area contributed by atoms with Crippen molar-refractivity contribution in [3.63, 3.8) is 0 Å². The van der Waals surface area contributed by atoms with Crippen molar-refractivity contribution < 1.29 is 4.42 Å². The first-order valence-corrected chi connectivity index (χ1v) is 17.8. The van der Waals surface area contributed by atoms with E-state index in [2.05, 4.69) is 193 Å². The third-order valence-electron chi connectivity index (χ3n) is 10.3. The van der Waals surface area contributed by atoms with Gasteiger partial charge in [-0.25, -0.2) is 0 Å². The van der Waals surface area contributed by atoms with Crippen molar-refractivity contribution in [1.29, 1.82) is 0 Å². The zero-order chi connectivity index (χ0) is 34.4. The molecular weight excluding hydrogens is 631 g/mol. The van der Waals surface area contributed by atoms with E-state index in [1.165, 1.54) is 44.2 Å². The minimum Gasteiger partial charge on any atom is -0.455 e. The number of anilines is 3. The van der Waals surface area contributed by atoms with Crippen molar-refractivity contribution in [2.45, 2.75) is 0 Å². The van der Waals surface area contributed by atoms with Crippen molar-refractivity contribution in [2.75, 3.05) is 4.90 Å². The molecule has 2 heteroatoms. The predicted octanol–water partition coefficient (Wildman–Crippen LogP) is 14.4. The van der Waals surface area contributed by atoms with Crippen LogP contribution in [0, 0.1) is 0 Å². The van der Waals surface area contributed by atoms with E-state index < -0.39 is 0 Å². The van der Waals surface area contributed by atoms with Crippen LogP contribution >= 0.6 is 0 Å². The second-order valence-electron chi connectivity index (χ2n) is 13.3. The van der Waals surface area contributed by atoms with Gasteiger partial charge in [0.15, 0.2) is 0 Å². The quantitative estimate of drug-likeness (QED) is 0.176. The Labute approximate surface area is 302 Å². The van der Waals surface area contributed by atoms with Crippen molar-refractivity contribution in [2.24, 2.45) is 0 Å². The van der Waals surface area contributed by atoms with Gasteiger partial charge in [-0.15, -0.1) is 0 Å². The average molecular weight is 664 g/mol. The fraction of sp³-hybridized carbons (Fsp3) is 0. The lowest BCUT2D eigenvalue weighted by Gasteiger charge is -2.27. The Morgan fingerprint density at radius 3 is 1.69 bits per heavy atom. The van der Waals surface area contributed by atoms with Gasteiger partial charge in [0.1, 0.15) is 11.2 Å². The number of para-hydroxylation sites is 1. The Morgan fingerprint density at radius 2 is 0.885 bits per heavy atom. The first kappa shape index (κ1) is 30.0. The smallest absolute Gasteiger partial charge is 0.143 e. The average Bonchev–Trinajstić information content (AvgIpc) is 3.61. The second kappa shape index (κ2) is 12.5. The molecule has 0 amide bonds. The van der Waals surface area contributed by atoms with Gasteiger partial charge in [0.25, 0.3) is 0 Å². The summed E-state index contributed by atoms with van der Waals surface area (Å²) in [5.74, 6) is 0. The molecule has 2 nitrogen and oxygen atoms in total. The molecule has 1 aromatic heterocycles. The summed E-state index contributed by atoms with van der Waals surface area (Å²) in [6.07, 6.45) is 0. The van der Waals surface area contributed by atoms with E-state index in [0.717, 1.165) is 49.8 Å². The highest BCUT2D eigenvalue weighted by atomic mass is 16.3. The van der Waals surface area contributed by atoms with Gasteiger partial charge in [0, 0.05) is 32.9 Å². The monoisotopic (exact) mass is 663 g/mol. The molecule has 10 rings (SSSR count). The van der Waals surface area contributed by atoms with E-state index in [9.17, 15) is 0 Å². The van der Waals surface area contributed by atoms with E-state index in [0.29, 0.717) is 0 Å². The van der Waals surface area contributed by atoms with Crippen LogP contribution in [0.4, 0.5) is 17.1 Å². The molecule has 0 bridgehead atoms. The standard InChI is InChI=1S/C50H33NO/c1-2-11-34(12-3-1)35-23-25-36(26-24-35)37-27-29-40(30-28-37)51(41-16-8-15-39(33-41)43-19-9-14-38-13-4-5-17-42(38)43)48-21-10-20-46-44(48)31-32-47-45-18-6-7-22-49(45)52-50(46)47/h1-33H. The summed E-state index contributed by atoms with van der Waals surface area (Å²) >= 11 is 0. The zero-order valence-electron chi connectivity index (χ0n) is 28.4. The normalized spacial score (nSPS) is 11.5. The van der Waals surface area contributed by atoms with Crippen molar-refractivity contribution in [3.8, 4) is 33.4 Å². The lowest BCUT2D eigenvalue weighted by Crippen LogP contribution is -2.10. The molecule has 0 spiro atoms. The van der Waals surface area contributed by atoms with Crippen molar-refractivity contribution in [1.82, 2.24) is 0 Å². The summed E-state index contributed by atoms with van der Waals surface area (Å²) in [4.78, 5) is 2.38. The minimum absolute atomic E-state index is 0.905. The Morgan fingerprint density at radius 1 is 0.327 bits per heavy atom. The van der Waals surface area contributed by atoms with Gasteiger partial charge in [-0.1, -0.05) is 158 Å². The van der Waals surface area contributed by atoms with Gasteiger partial charge >= 0.3 is 0 Å². The maximum absolute atomic E-state index is 6.51. The van der Waals surface area contributed by atoms with E-state index in [4.69, 9.17) is 4.42 Å². The van der Waals surface area contributed by atoms with Crippen LogP contribution in [0.5, 0.6) is 0 Å². The number of hydrogen-bond donors (Lipinski definition) is 0. The van der Waals surface area contributed by atoms with Crippen LogP contribution < -0.4 is 4.90 Å². The van der Waals surface area contributed by atoms with Crippen LogP contribution in [0.15, 0.2) is 205 Å². The van der Waals surface area contributed by atoms with Gasteiger partial charge in [-0.2, -0.15) is 0 Å². The highest BCUT2D eigenvalue weighted by molar-refractivity contribution is 6.17. The SMILES string of the molecule is c1ccc(-c2ccc(-c3ccc(N(c4cccc(-c5cccc6ccccc56)c4)c4cccc5c4ccc4c6ccccc6oc54)cc3)cc2)cc1. The number of nitrogens with zero attached hydrogens (tertiary/aromatic N) is 1. The van der Waals surface area contributed by atoms with Gasteiger partial charge in [0.2, 0.25) is 0 Å². The minimum atomic E-state index is 0.905. The van der Waals surface area contributed by atoms with Gasteiger partial charge in [-0.05, 0) is 86.6 Å². The molecule has 1 heterocycles. The molecule has 0 unspecified atom stereocenters. The highest BCUT2D eigenvalue weighted by Gasteiger charge is 2.19.